The van der Waals surface area contributed by atoms with Crippen LogP contribution in [0, 0.1) is 5.92 Å². The van der Waals surface area contributed by atoms with Crippen molar-refractivity contribution in [3.63, 3.8) is 0 Å². The number of fused-ring (bicyclic) bond motifs is 1. The predicted molar refractivity (Wildman–Crippen MR) is 84.8 cm³/mol. The molecule has 118 valence electrons. The summed E-state index contributed by atoms with van der Waals surface area (Å²) in [6.07, 6.45) is 2.74. The van der Waals surface area contributed by atoms with Crippen molar-refractivity contribution < 1.29 is 9.63 Å². The van der Waals surface area contributed by atoms with Gasteiger partial charge in [0.25, 0.3) is 0 Å². The SMILES string of the molecule is C=CCN1CC2CC(NOCc3ccccc3)CNC2C1=O. The lowest BCUT2D eigenvalue weighted by Crippen LogP contribution is -2.53. The summed E-state index contributed by atoms with van der Waals surface area (Å²) in [5.74, 6) is 0.549. The topological polar surface area (TPSA) is 53.6 Å². The van der Waals surface area contributed by atoms with Crippen LogP contribution in [0.15, 0.2) is 43.0 Å². The average Bonchev–Trinajstić information content (AvgIpc) is 2.85. The summed E-state index contributed by atoms with van der Waals surface area (Å²) >= 11 is 0. The van der Waals surface area contributed by atoms with E-state index in [0.717, 1.165) is 25.1 Å². The molecule has 0 radical (unpaired) electrons. The average molecular weight is 301 g/mol. The molecule has 0 saturated carbocycles. The number of benzene rings is 1. The molecule has 2 saturated heterocycles. The number of rotatable bonds is 6. The first-order valence-corrected chi connectivity index (χ1v) is 7.82. The van der Waals surface area contributed by atoms with E-state index < -0.39 is 0 Å². The number of hydroxylamine groups is 1. The largest absolute Gasteiger partial charge is 0.337 e. The molecular formula is C17H23N3O2. The quantitative estimate of drug-likeness (QED) is 0.610. The number of hydrogen-bond donors (Lipinski definition) is 2. The maximum Gasteiger partial charge on any atom is 0.240 e. The second kappa shape index (κ2) is 7.05. The third-order valence-corrected chi connectivity index (χ3v) is 4.36. The molecule has 1 amide bonds. The second-order valence-corrected chi connectivity index (χ2v) is 6.00. The Kier molecular flexibility index (Phi) is 4.87. The van der Waals surface area contributed by atoms with Crippen molar-refractivity contribution >= 4 is 5.91 Å². The number of hydrogen-bond acceptors (Lipinski definition) is 4. The summed E-state index contributed by atoms with van der Waals surface area (Å²) in [6, 6.07) is 10.3. The molecule has 22 heavy (non-hydrogen) atoms. The normalized spacial score (nSPS) is 27.7. The van der Waals surface area contributed by atoms with Crippen molar-refractivity contribution in [2.45, 2.75) is 25.1 Å². The van der Waals surface area contributed by atoms with Gasteiger partial charge in [-0.3, -0.25) is 9.63 Å². The summed E-state index contributed by atoms with van der Waals surface area (Å²) in [7, 11) is 0. The van der Waals surface area contributed by atoms with Crippen LogP contribution in [0.4, 0.5) is 0 Å². The molecular weight excluding hydrogens is 278 g/mol. The van der Waals surface area contributed by atoms with E-state index >= 15 is 0 Å². The van der Waals surface area contributed by atoms with Crippen LogP contribution >= 0.6 is 0 Å². The Hall–Kier alpha value is -1.69. The lowest BCUT2D eigenvalue weighted by Gasteiger charge is -2.31. The summed E-state index contributed by atoms with van der Waals surface area (Å²) in [6.45, 7) is 6.46. The number of nitrogens with zero attached hydrogens (tertiary/aromatic N) is 1. The molecule has 5 nitrogen and oxygen atoms in total. The molecule has 0 spiro atoms. The predicted octanol–water partition coefficient (Wildman–Crippen LogP) is 1.08. The number of nitrogens with one attached hydrogen (secondary N) is 2. The molecule has 0 aliphatic carbocycles. The molecule has 5 heteroatoms. The smallest absolute Gasteiger partial charge is 0.240 e. The molecule has 3 atom stereocenters. The molecule has 0 bridgehead atoms. The van der Waals surface area contributed by atoms with Crippen molar-refractivity contribution in [3.8, 4) is 0 Å². The van der Waals surface area contributed by atoms with Gasteiger partial charge in [0, 0.05) is 31.6 Å². The fraction of sp³-hybridized carbons (Fsp3) is 0.471. The Labute approximate surface area is 131 Å². The summed E-state index contributed by atoms with van der Waals surface area (Å²) < 4.78 is 0. The van der Waals surface area contributed by atoms with Crippen LogP contribution < -0.4 is 10.8 Å². The fourth-order valence-electron chi connectivity index (χ4n) is 3.29. The van der Waals surface area contributed by atoms with Crippen molar-refractivity contribution in [2.24, 2.45) is 5.92 Å². The minimum Gasteiger partial charge on any atom is -0.337 e. The monoisotopic (exact) mass is 301 g/mol. The van der Waals surface area contributed by atoms with Crippen molar-refractivity contribution in [2.75, 3.05) is 19.6 Å². The lowest BCUT2D eigenvalue weighted by atomic mass is 9.91. The molecule has 1 aromatic carbocycles. The van der Waals surface area contributed by atoms with E-state index in [2.05, 4.69) is 17.4 Å². The highest BCUT2D eigenvalue weighted by Crippen LogP contribution is 2.26. The first kappa shape index (κ1) is 15.2. The molecule has 1 aromatic rings. The molecule has 3 rings (SSSR count). The zero-order chi connectivity index (χ0) is 15.4. The van der Waals surface area contributed by atoms with Gasteiger partial charge in [-0.2, -0.15) is 5.48 Å². The van der Waals surface area contributed by atoms with Crippen LogP contribution in [-0.2, 0) is 16.2 Å². The van der Waals surface area contributed by atoms with Crippen molar-refractivity contribution in [3.05, 3.63) is 48.6 Å². The molecule has 2 fully saturated rings. The molecule has 2 aliphatic rings. The Morgan fingerprint density at radius 2 is 2.23 bits per heavy atom. The van der Waals surface area contributed by atoms with Gasteiger partial charge in [0.2, 0.25) is 5.91 Å². The number of likely N-dealkylation sites (tertiary alicyclic amines) is 1. The third kappa shape index (κ3) is 3.38. The van der Waals surface area contributed by atoms with E-state index in [1.165, 1.54) is 0 Å². The van der Waals surface area contributed by atoms with Crippen molar-refractivity contribution in [1.82, 2.24) is 15.7 Å². The maximum atomic E-state index is 12.2. The Morgan fingerprint density at radius 1 is 1.41 bits per heavy atom. The summed E-state index contributed by atoms with van der Waals surface area (Å²) in [5, 5.41) is 3.35. The van der Waals surface area contributed by atoms with Crippen LogP contribution in [0.3, 0.4) is 0 Å². The fourth-order valence-corrected chi connectivity index (χ4v) is 3.29. The van der Waals surface area contributed by atoms with E-state index in [4.69, 9.17) is 4.84 Å². The van der Waals surface area contributed by atoms with E-state index in [9.17, 15) is 4.79 Å². The zero-order valence-corrected chi connectivity index (χ0v) is 12.7. The highest BCUT2D eigenvalue weighted by molar-refractivity contribution is 5.84. The van der Waals surface area contributed by atoms with Crippen LogP contribution in [-0.4, -0.2) is 42.5 Å². The molecule has 2 heterocycles. The molecule has 0 aromatic heterocycles. The highest BCUT2D eigenvalue weighted by Gasteiger charge is 2.43. The number of carbonyl (C=O) groups is 1. The van der Waals surface area contributed by atoms with Gasteiger partial charge in [-0.05, 0) is 12.0 Å². The maximum absolute atomic E-state index is 12.2. The summed E-state index contributed by atoms with van der Waals surface area (Å²) in [4.78, 5) is 19.7. The van der Waals surface area contributed by atoms with Gasteiger partial charge in [-0.15, -0.1) is 6.58 Å². The lowest BCUT2D eigenvalue weighted by molar-refractivity contribution is -0.129. The first-order valence-electron chi connectivity index (χ1n) is 7.82. The van der Waals surface area contributed by atoms with Gasteiger partial charge in [0.1, 0.15) is 0 Å². The van der Waals surface area contributed by atoms with Crippen LogP contribution in [0.2, 0.25) is 0 Å². The number of carbonyl (C=O) groups excluding carboxylic acids is 1. The van der Waals surface area contributed by atoms with Gasteiger partial charge in [-0.25, -0.2) is 0 Å². The Bertz CT molecular complexity index is 520. The molecule has 2 N–H and O–H groups in total. The van der Waals surface area contributed by atoms with Gasteiger partial charge in [0.15, 0.2) is 0 Å². The Balaban J connectivity index is 1.46. The molecule has 3 unspecified atom stereocenters. The van der Waals surface area contributed by atoms with E-state index in [1.54, 1.807) is 6.08 Å². The van der Waals surface area contributed by atoms with Gasteiger partial charge >= 0.3 is 0 Å². The Morgan fingerprint density at radius 3 is 3.00 bits per heavy atom. The second-order valence-electron chi connectivity index (χ2n) is 6.00. The van der Waals surface area contributed by atoms with Gasteiger partial charge in [0.05, 0.1) is 12.6 Å². The van der Waals surface area contributed by atoms with Crippen LogP contribution in [0.5, 0.6) is 0 Å². The van der Waals surface area contributed by atoms with Gasteiger partial charge < -0.3 is 10.2 Å². The van der Waals surface area contributed by atoms with E-state index in [-0.39, 0.29) is 18.0 Å². The third-order valence-electron chi connectivity index (χ3n) is 4.36. The summed E-state index contributed by atoms with van der Waals surface area (Å²) in [5.41, 5.74) is 4.28. The van der Waals surface area contributed by atoms with Crippen molar-refractivity contribution in [1.29, 1.82) is 0 Å². The number of amides is 1. The van der Waals surface area contributed by atoms with Gasteiger partial charge in [-0.1, -0.05) is 36.4 Å². The minimum absolute atomic E-state index is 0.0351. The molecule has 2 aliphatic heterocycles. The number of piperidine rings is 1. The zero-order valence-electron chi connectivity index (χ0n) is 12.7. The van der Waals surface area contributed by atoms with Crippen LogP contribution in [0.1, 0.15) is 12.0 Å². The minimum atomic E-state index is -0.0351. The van der Waals surface area contributed by atoms with Crippen LogP contribution in [0.25, 0.3) is 0 Å². The van der Waals surface area contributed by atoms with E-state index in [1.807, 2.05) is 35.2 Å². The first-order chi connectivity index (χ1) is 10.8. The standard InChI is InChI=1S/C17H23N3O2/c1-2-8-20-11-14-9-15(10-18-16(14)17(20)21)19-22-12-13-6-4-3-5-7-13/h2-7,14-16,18-19H,1,8-12H2. The highest BCUT2D eigenvalue weighted by atomic mass is 16.6. The van der Waals surface area contributed by atoms with E-state index in [0.29, 0.717) is 19.1 Å².